The Morgan fingerprint density at radius 3 is 1.03 bits per heavy atom. The molecule has 31 heavy (non-hydrogen) atoms. The van der Waals surface area contributed by atoms with E-state index in [1.54, 1.807) is 0 Å². The number of rotatable bonds is 24. The third-order valence-corrected chi connectivity index (χ3v) is 6.89. The maximum absolute atomic E-state index is 9.66. The smallest absolute Gasteiger partial charge is 0.0683 e. The second kappa shape index (κ2) is 20.5. The summed E-state index contributed by atoms with van der Waals surface area (Å²) in [6.07, 6.45) is 24.3. The maximum Gasteiger partial charge on any atom is 0.0683 e. The number of aliphatic hydroxyl groups excluding tert-OH is 2. The summed E-state index contributed by atoms with van der Waals surface area (Å²) in [7, 11) is 0. The molecule has 0 saturated heterocycles. The fraction of sp³-hybridized carbons (Fsp3) is 1.00. The fourth-order valence-electron chi connectivity index (χ4n) is 4.79. The standard InChI is InChI=1S/C28H58O3/c1-5-7-9-11-13-15-17-19-21-27(3,23-25-29)31-28(4,24-26-30)22-20-18-16-14-12-10-8-6-2/h29-30H,5-26H2,1-4H3. The average molecular weight is 443 g/mol. The van der Waals surface area contributed by atoms with Gasteiger partial charge in [0.05, 0.1) is 11.2 Å². The highest BCUT2D eigenvalue weighted by molar-refractivity contribution is 4.84. The molecule has 0 aliphatic rings. The van der Waals surface area contributed by atoms with Crippen molar-refractivity contribution < 1.29 is 14.9 Å². The minimum Gasteiger partial charge on any atom is -0.396 e. The van der Waals surface area contributed by atoms with Crippen LogP contribution in [0.2, 0.25) is 0 Å². The monoisotopic (exact) mass is 442 g/mol. The van der Waals surface area contributed by atoms with E-state index < -0.39 is 0 Å². The van der Waals surface area contributed by atoms with E-state index in [1.165, 1.54) is 89.9 Å². The first-order valence-corrected chi connectivity index (χ1v) is 13.9. The Morgan fingerprint density at radius 1 is 0.452 bits per heavy atom. The van der Waals surface area contributed by atoms with Crippen LogP contribution >= 0.6 is 0 Å². The van der Waals surface area contributed by atoms with Gasteiger partial charge in [-0.2, -0.15) is 0 Å². The molecule has 2 atom stereocenters. The van der Waals surface area contributed by atoms with Crippen molar-refractivity contribution in [2.45, 2.75) is 167 Å². The Morgan fingerprint density at radius 2 is 0.742 bits per heavy atom. The van der Waals surface area contributed by atoms with Gasteiger partial charge in [0.15, 0.2) is 0 Å². The van der Waals surface area contributed by atoms with E-state index in [1.807, 2.05) is 0 Å². The fourth-order valence-corrected chi connectivity index (χ4v) is 4.79. The van der Waals surface area contributed by atoms with Gasteiger partial charge >= 0.3 is 0 Å². The first kappa shape index (κ1) is 30.9. The van der Waals surface area contributed by atoms with Gasteiger partial charge in [0, 0.05) is 13.2 Å². The summed E-state index contributed by atoms with van der Waals surface area (Å²) in [5.41, 5.74) is -0.581. The first-order valence-electron chi connectivity index (χ1n) is 13.9. The van der Waals surface area contributed by atoms with Crippen LogP contribution in [0.4, 0.5) is 0 Å². The van der Waals surface area contributed by atoms with Crippen molar-refractivity contribution in [3.63, 3.8) is 0 Å². The lowest BCUT2D eigenvalue weighted by Gasteiger charge is -2.41. The quantitative estimate of drug-likeness (QED) is 0.148. The minimum atomic E-state index is -0.291. The molecule has 0 aromatic heterocycles. The van der Waals surface area contributed by atoms with E-state index in [0.29, 0.717) is 12.8 Å². The normalized spacial score (nSPS) is 15.7. The number of aliphatic hydroxyl groups is 2. The molecule has 0 heterocycles. The van der Waals surface area contributed by atoms with Crippen LogP contribution in [-0.4, -0.2) is 34.6 Å². The Labute approximate surface area is 195 Å². The predicted octanol–water partition coefficient (Wildman–Crippen LogP) is 8.35. The van der Waals surface area contributed by atoms with Crippen LogP contribution < -0.4 is 0 Å². The van der Waals surface area contributed by atoms with E-state index in [4.69, 9.17) is 4.74 Å². The summed E-state index contributed by atoms with van der Waals surface area (Å²) < 4.78 is 6.71. The van der Waals surface area contributed by atoms with Crippen LogP contribution in [0.15, 0.2) is 0 Å². The van der Waals surface area contributed by atoms with E-state index in [2.05, 4.69) is 27.7 Å². The molecule has 0 aromatic rings. The number of hydrogen-bond acceptors (Lipinski definition) is 3. The van der Waals surface area contributed by atoms with Crippen molar-refractivity contribution in [2.75, 3.05) is 13.2 Å². The van der Waals surface area contributed by atoms with E-state index in [9.17, 15) is 10.2 Å². The number of ether oxygens (including phenoxy) is 1. The van der Waals surface area contributed by atoms with Gasteiger partial charge in [-0.05, 0) is 39.5 Å². The van der Waals surface area contributed by atoms with Crippen molar-refractivity contribution in [1.82, 2.24) is 0 Å². The zero-order chi connectivity index (χ0) is 23.3. The summed E-state index contributed by atoms with van der Waals surface area (Å²) in [6.45, 7) is 9.21. The summed E-state index contributed by atoms with van der Waals surface area (Å²) >= 11 is 0. The molecule has 0 aliphatic heterocycles. The van der Waals surface area contributed by atoms with Crippen molar-refractivity contribution in [1.29, 1.82) is 0 Å². The lowest BCUT2D eigenvalue weighted by molar-refractivity contribution is -0.162. The Kier molecular flexibility index (Phi) is 20.4. The van der Waals surface area contributed by atoms with Crippen LogP contribution in [-0.2, 0) is 4.74 Å². The van der Waals surface area contributed by atoms with Crippen molar-refractivity contribution in [3.05, 3.63) is 0 Å². The molecule has 3 heteroatoms. The van der Waals surface area contributed by atoms with Crippen LogP contribution in [0.3, 0.4) is 0 Å². The summed E-state index contributed by atoms with van der Waals surface area (Å²) in [4.78, 5) is 0. The molecular formula is C28H58O3. The molecule has 188 valence electrons. The SMILES string of the molecule is CCCCCCCCCCC(C)(CCO)OC(C)(CCO)CCCCCCCCCC. The minimum absolute atomic E-state index is 0.167. The molecule has 0 rings (SSSR count). The molecule has 2 unspecified atom stereocenters. The van der Waals surface area contributed by atoms with Gasteiger partial charge in [-0.25, -0.2) is 0 Å². The summed E-state index contributed by atoms with van der Waals surface area (Å²) in [5.74, 6) is 0. The highest BCUT2D eigenvalue weighted by Gasteiger charge is 2.34. The Hall–Kier alpha value is -0.120. The highest BCUT2D eigenvalue weighted by atomic mass is 16.5. The molecule has 0 aliphatic carbocycles. The second-order valence-electron chi connectivity index (χ2n) is 10.4. The molecule has 0 aromatic carbocycles. The largest absolute Gasteiger partial charge is 0.396 e. The third-order valence-electron chi connectivity index (χ3n) is 6.89. The average Bonchev–Trinajstić information content (AvgIpc) is 2.72. The van der Waals surface area contributed by atoms with Gasteiger partial charge in [-0.1, -0.05) is 117 Å². The Balaban J connectivity index is 4.35. The van der Waals surface area contributed by atoms with E-state index in [-0.39, 0.29) is 24.4 Å². The Bertz CT molecular complexity index is 339. The number of unbranched alkanes of at least 4 members (excludes halogenated alkanes) is 14. The van der Waals surface area contributed by atoms with Crippen LogP contribution in [0.5, 0.6) is 0 Å². The molecular weight excluding hydrogens is 384 g/mol. The lowest BCUT2D eigenvalue weighted by atomic mass is 9.89. The molecule has 0 bridgehead atoms. The molecule has 0 amide bonds. The molecule has 0 fully saturated rings. The topological polar surface area (TPSA) is 49.7 Å². The zero-order valence-corrected chi connectivity index (χ0v) is 21.9. The van der Waals surface area contributed by atoms with Crippen molar-refractivity contribution >= 4 is 0 Å². The lowest BCUT2D eigenvalue weighted by Crippen LogP contribution is -2.42. The summed E-state index contributed by atoms with van der Waals surface area (Å²) in [6, 6.07) is 0. The molecule has 0 spiro atoms. The third kappa shape index (κ3) is 18.0. The first-order chi connectivity index (χ1) is 14.9. The molecule has 2 N–H and O–H groups in total. The highest BCUT2D eigenvalue weighted by Crippen LogP contribution is 2.34. The van der Waals surface area contributed by atoms with Gasteiger partial charge in [-0.15, -0.1) is 0 Å². The van der Waals surface area contributed by atoms with Gasteiger partial charge in [0.2, 0.25) is 0 Å². The van der Waals surface area contributed by atoms with Crippen LogP contribution in [0, 0.1) is 0 Å². The maximum atomic E-state index is 9.66. The number of hydrogen-bond donors (Lipinski definition) is 2. The van der Waals surface area contributed by atoms with Gasteiger partial charge in [0.25, 0.3) is 0 Å². The van der Waals surface area contributed by atoms with Gasteiger partial charge in [-0.3, -0.25) is 0 Å². The van der Waals surface area contributed by atoms with Crippen molar-refractivity contribution in [2.24, 2.45) is 0 Å². The molecule has 3 nitrogen and oxygen atoms in total. The molecule has 0 radical (unpaired) electrons. The second-order valence-corrected chi connectivity index (χ2v) is 10.4. The molecule has 0 saturated carbocycles. The van der Waals surface area contributed by atoms with Crippen LogP contribution in [0.1, 0.15) is 156 Å². The zero-order valence-electron chi connectivity index (χ0n) is 21.9. The van der Waals surface area contributed by atoms with Crippen LogP contribution in [0.25, 0.3) is 0 Å². The van der Waals surface area contributed by atoms with Crippen molar-refractivity contribution in [3.8, 4) is 0 Å². The summed E-state index contributed by atoms with van der Waals surface area (Å²) in [5, 5.41) is 19.3. The van der Waals surface area contributed by atoms with E-state index >= 15 is 0 Å². The van der Waals surface area contributed by atoms with Gasteiger partial charge < -0.3 is 14.9 Å². The van der Waals surface area contributed by atoms with E-state index in [0.717, 1.165) is 25.7 Å². The predicted molar refractivity (Wildman–Crippen MR) is 136 cm³/mol. The van der Waals surface area contributed by atoms with Gasteiger partial charge in [0.1, 0.15) is 0 Å².